The van der Waals surface area contributed by atoms with Crippen LogP contribution in [0, 0.1) is 11.3 Å². The van der Waals surface area contributed by atoms with Crippen molar-refractivity contribution in [3.05, 3.63) is 24.2 Å². The van der Waals surface area contributed by atoms with Crippen molar-refractivity contribution >= 4 is 11.8 Å². The number of hydrogen-bond acceptors (Lipinski definition) is 3. The maximum absolute atomic E-state index is 12.3. The average molecular weight is 292 g/mol. The molecule has 1 N–H and O–H groups in total. The summed E-state index contributed by atoms with van der Waals surface area (Å²) in [5, 5.41) is 2.88. The summed E-state index contributed by atoms with van der Waals surface area (Å²) in [7, 11) is 0. The van der Waals surface area contributed by atoms with Crippen LogP contribution in [0.3, 0.4) is 0 Å². The first-order valence-electron chi connectivity index (χ1n) is 7.47. The summed E-state index contributed by atoms with van der Waals surface area (Å²) in [4.78, 5) is 26.4. The molecule has 0 saturated carbocycles. The van der Waals surface area contributed by atoms with Crippen LogP contribution in [-0.2, 0) is 16.1 Å². The number of furan rings is 1. The van der Waals surface area contributed by atoms with Crippen LogP contribution >= 0.6 is 0 Å². The molecule has 1 aliphatic heterocycles. The molecular formula is C16H24N2O3. The minimum absolute atomic E-state index is 0.00203. The van der Waals surface area contributed by atoms with E-state index in [1.807, 2.05) is 31.7 Å². The highest BCUT2D eigenvalue weighted by Gasteiger charge is 2.33. The highest BCUT2D eigenvalue weighted by molar-refractivity contribution is 5.83. The summed E-state index contributed by atoms with van der Waals surface area (Å²) >= 11 is 0. The lowest BCUT2D eigenvalue weighted by Gasteiger charge is -2.35. The molecule has 21 heavy (non-hydrogen) atoms. The van der Waals surface area contributed by atoms with Crippen LogP contribution in [0.1, 0.15) is 39.4 Å². The molecule has 116 valence electrons. The predicted octanol–water partition coefficient (Wildman–Crippen LogP) is 2.18. The van der Waals surface area contributed by atoms with Crippen LogP contribution in [-0.4, -0.2) is 29.8 Å². The minimum Gasteiger partial charge on any atom is -0.467 e. The Bertz CT molecular complexity index is 488. The first-order chi connectivity index (χ1) is 9.88. The van der Waals surface area contributed by atoms with Gasteiger partial charge in [-0.2, -0.15) is 0 Å². The third kappa shape index (κ3) is 4.09. The smallest absolute Gasteiger partial charge is 0.227 e. The summed E-state index contributed by atoms with van der Waals surface area (Å²) in [5.41, 5.74) is -0.396. The number of nitrogens with zero attached hydrogens (tertiary/aromatic N) is 1. The molecule has 0 radical (unpaired) electrons. The molecule has 1 atom stereocenters. The molecule has 2 heterocycles. The van der Waals surface area contributed by atoms with Crippen LogP contribution in [0.2, 0.25) is 0 Å². The van der Waals surface area contributed by atoms with Crippen LogP contribution in [0.15, 0.2) is 22.8 Å². The van der Waals surface area contributed by atoms with E-state index < -0.39 is 5.41 Å². The lowest BCUT2D eigenvalue weighted by Crippen LogP contribution is -2.48. The monoisotopic (exact) mass is 292 g/mol. The van der Waals surface area contributed by atoms with E-state index in [0.717, 1.165) is 25.1 Å². The molecule has 0 aromatic carbocycles. The molecule has 2 amide bonds. The lowest BCUT2D eigenvalue weighted by molar-refractivity contribution is -0.142. The first-order valence-corrected chi connectivity index (χ1v) is 7.47. The molecule has 0 bridgehead atoms. The molecule has 1 aromatic rings. The SMILES string of the molecule is CC(C)(C)C(=O)N1CCCC(C(=O)NCc2ccco2)C1. The van der Waals surface area contributed by atoms with Gasteiger partial charge < -0.3 is 14.6 Å². The summed E-state index contributed by atoms with van der Waals surface area (Å²) in [6.07, 6.45) is 3.30. The molecule has 2 rings (SSSR count). The number of nitrogens with one attached hydrogen (secondary N) is 1. The Morgan fingerprint density at radius 3 is 2.81 bits per heavy atom. The normalized spacial score (nSPS) is 19.4. The maximum atomic E-state index is 12.3. The Balaban J connectivity index is 1.88. The fourth-order valence-electron chi connectivity index (χ4n) is 2.58. The van der Waals surface area contributed by atoms with Crippen molar-refractivity contribution in [1.29, 1.82) is 0 Å². The van der Waals surface area contributed by atoms with E-state index in [9.17, 15) is 9.59 Å². The largest absolute Gasteiger partial charge is 0.467 e. The zero-order chi connectivity index (χ0) is 15.5. The van der Waals surface area contributed by atoms with Crippen molar-refractivity contribution in [2.45, 2.75) is 40.2 Å². The number of hydrogen-bond donors (Lipinski definition) is 1. The summed E-state index contributed by atoms with van der Waals surface area (Å²) in [5.74, 6) is 0.727. The molecule has 1 aliphatic rings. The van der Waals surface area contributed by atoms with E-state index in [1.54, 1.807) is 12.3 Å². The second-order valence-electron chi connectivity index (χ2n) is 6.64. The zero-order valence-corrected chi connectivity index (χ0v) is 13.0. The standard InChI is InChI=1S/C16H24N2O3/c1-16(2,3)15(20)18-8-4-6-12(11-18)14(19)17-10-13-7-5-9-21-13/h5,7,9,12H,4,6,8,10-11H2,1-3H3,(H,17,19). The van der Waals surface area contributed by atoms with E-state index in [0.29, 0.717) is 13.1 Å². The van der Waals surface area contributed by atoms with Crippen molar-refractivity contribution < 1.29 is 14.0 Å². The van der Waals surface area contributed by atoms with Crippen molar-refractivity contribution in [2.75, 3.05) is 13.1 Å². The Hall–Kier alpha value is -1.78. The molecule has 0 aliphatic carbocycles. The van der Waals surface area contributed by atoms with Gasteiger partial charge in [-0.25, -0.2) is 0 Å². The second-order valence-corrected chi connectivity index (χ2v) is 6.64. The molecule has 1 fully saturated rings. The molecule has 1 saturated heterocycles. The third-order valence-corrected chi connectivity index (χ3v) is 3.74. The van der Waals surface area contributed by atoms with E-state index in [-0.39, 0.29) is 17.7 Å². The highest BCUT2D eigenvalue weighted by atomic mass is 16.3. The fraction of sp³-hybridized carbons (Fsp3) is 0.625. The summed E-state index contributed by atoms with van der Waals surface area (Å²) in [6, 6.07) is 3.63. The Morgan fingerprint density at radius 2 is 2.19 bits per heavy atom. The van der Waals surface area contributed by atoms with E-state index >= 15 is 0 Å². The van der Waals surface area contributed by atoms with E-state index in [2.05, 4.69) is 5.32 Å². The van der Waals surface area contributed by atoms with Crippen molar-refractivity contribution in [3.8, 4) is 0 Å². The van der Waals surface area contributed by atoms with Gasteiger partial charge in [-0.3, -0.25) is 9.59 Å². The van der Waals surface area contributed by atoms with Gasteiger partial charge in [0.15, 0.2) is 0 Å². The van der Waals surface area contributed by atoms with Gasteiger partial charge in [-0.15, -0.1) is 0 Å². The third-order valence-electron chi connectivity index (χ3n) is 3.74. The number of likely N-dealkylation sites (tertiary alicyclic amines) is 1. The van der Waals surface area contributed by atoms with Crippen LogP contribution in [0.5, 0.6) is 0 Å². The maximum Gasteiger partial charge on any atom is 0.227 e. The summed E-state index contributed by atoms with van der Waals surface area (Å²) < 4.78 is 5.20. The topological polar surface area (TPSA) is 62.6 Å². The van der Waals surface area contributed by atoms with Gasteiger partial charge in [0.1, 0.15) is 5.76 Å². The van der Waals surface area contributed by atoms with Gasteiger partial charge in [0, 0.05) is 18.5 Å². The van der Waals surface area contributed by atoms with Crippen LogP contribution < -0.4 is 5.32 Å². The number of carbonyl (C=O) groups is 2. The van der Waals surface area contributed by atoms with Crippen molar-refractivity contribution in [2.24, 2.45) is 11.3 Å². The van der Waals surface area contributed by atoms with Gasteiger partial charge in [0.25, 0.3) is 0 Å². The molecule has 1 aromatic heterocycles. The van der Waals surface area contributed by atoms with Crippen LogP contribution in [0.4, 0.5) is 0 Å². The quantitative estimate of drug-likeness (QED) is 0.928. The van der Waals surface area contributed by atoms with Gasteiger partial charge in [-0.05, 0) is 25.0 Å². The second kappa shape index (κ2) is 6.33. The van der Waals surface area contributed by atoms with Crippen LogP contribution in [0.25, 0.3) is 0 Å². The Morgan fingerprint density at radius 1 is 1.43 bits per heavy atom. The number of rotatable bonds is 3. The minimum atomic E-state index is -0.396. The van der Waals surface area contributed by atoms with E-state index in [1.165, 1.54) is 0 Å². The van der Waals surface area contributed by atoms with Crippen molar-refractivity contribution in [3.63, 3.8) is 0 Å². The number of amides is 2. The fourth-order valence-corrected chi connectivity index (χ4v) is 2.58. The molecule has 5 heteroatoms. The molecule has 5 nitrogen and oxygen atoms in total. The van der Waals surface area contributed by atoms with Gasteiger partial charge >= 0.3 is 0 Å². The number of carbonyl (C=O) groups excluding carboxylic acids is 2. The molecular weight excluding hydrogens is 268 g/mol. The Labute approximate surface area is 125 Å². The van der Waals surface area contributed by atoms with E-state index in [4.69, 9.17) is 4.42 Å². The van der Waals surface area contributed by atoms with Gasteiger partial charge in [0.2, 0.25) is 11.8 Å². The molecule has 1 unspecified atom stereocenters. The highest BCUT2D eigenvalue weighted by Crippen LogP contribution is 2.23. The van der Waals surface area contributed by atoms with Crippen molar-refractivity contribution in [1.82, 2.24) is 10.2 Å². The predicted molar refractivity (Wildman–Crippen MR) is 79.3 cm³/mol. The first kappa shape index (κ1) is 15.6. The Kier molecular flexibility index (Phi) is 4.70. The summed E-state index contributed by atoms with van der Waals surface area (Å²) in [6.45, 7) is 7.40. The zero-order valence-electron chi connectivity index (χ0n) is 13.0. The number of piperidine rings is 1. The lowest BCUT2D eigenvalue weighted by atomic mass is 9.91. The van der Waals surface area contributed by atoms with Gasteiger partial charge in [-0.1, -0.05) is 20.8 Å². The van der Waals surface area contributed by atoms with Gasteiger partial charge in [0.05, 0.1) is 18.7 Å². The molecule has 0 spiro atoms. The average Bonchev–Trinajstić information content (AvgIpc) is 2.96.